The van der Waals surface area contributed by atoms with Gasteiger partial charge in [-0.15, -0.1) is 5.10 Å². The summed E-state index contributed by atoms with van der Waals surface area (Å²) in [4.78, 5) is 4.37. The largest absolute Gasteiger partial charge is 0.436 e. The fourth-order valence-electron chi connectivity index (χ4n) is 2.09. The molecule has 0 spiro atoms. The Labute approximate surface area is 123 Å². The molecule has 108 valence electrons. The zero-order valence-corrected chi connectivity index (χ0v) is 13.2. The fourth-order valence-corrected chi connectivity index (χ4v) is 3.02. The highest BCUT2D eigenvalue weighted by Crippen LogP contribution is 2.31. The van der Waals surface area contributed by atoms with E-state index in [-0.39, 0.29) is 0 Å². The molecule has 2 heterocycles. The maximum Gasteiger partial charge on any atom is 0.262 e. The lowest BCUT2D eigenvalue weighted by atomic mass is 10.0. The zero-order valence-electron chi connectivity index (χ0n) is 12.4. The molecule has 0 aromatic carbocycles. The first-order chi connectivity index (χ1) is 9.60. The van der Waals surface area contributed by atoms with Crippen LogP contribution in [0.15, 0.2) is 14.7 Å². The Bertz CT molecular complexity index is 590. The average Bonchev–Trinajstić information content (AvgIpc) is 2.76. The lowest BCUT2D eigenvalue weighted by Crippen LogP contribution is -2.10. The van der Waals surface area contributed by atoms with Crippen LogP contribution in [0, 0.1) is 13.8 Å². The number of nitrogens with zero attached hydrogens (tertiary/aromatic N) is 3. The Morgan fingerprint density at radius 1 is 1.10 bits per heavy atom. The number of rotatable bonds is 5. The molecule has 2 aromatic heterocycles. The van der Waals surface area contributed by atoms with Crippen LogP contribution in [0.1, 0.15) is 42.1 Å². The summed E-state index contributed by atoms with van der Waals surface area (Å²) in [6.45, 7) is 8.47. The van der Waals surface area contributed by atoms with Crippen LogP contribution in [0.4, 0.5) is 0 Å². The Balaban J connectivity index is 2.41. The van der Waals surface area contributed by atoms with Crippen LogP contribution in [-0.4, -0.2) is 15.2 Å². The highest BCUT2D eigenvalue weighted by Gasteiger charge is 2.17. The molecular formula is C14H20N4OS. The van der Waals surface area contributed by atoms with Gasteiger partial charge in [-0.1, -0.05) is 13.8 Å². The maximum absolute atomic E-state index is 5.91. The van der Waals surface area contributed by atoms with Crippen LogP contribution in [0.3, 0.4) is 0 Å². The predicted octanol–water partition coefficient (Wildman–Crippen LogP) is 2.82. The van der Waals surface area contributed by atoms with Crippen LogP contribution in [-0.2, 0) is 19.4 Å². The number of oxazole rings is 1. The molecule has 0 bridgehead atoms. The summed E-state index contributed by atoms with van der Waals surface area (Å²) in [6, 6.07) is 0. The Kier molecular flexibility index (Phi) is 4.77. The molecule has 0 atom stereocenters. The number of hydrogen-bond donors (Lipinski definition) is 1. The molecule has 6 heteroatoms. The van der Waals surface area contributed by atoms with Gasteiger partial charge < -0.3 is 10.2 Å². The molecule has 2 aromatic rings. The normalized spacial score (nSPS) is 11.1. The van der Waals surface area contributed by atoms with E-state index < -0.39 is 0 Å². The van der Waals surface area contributed by atoms with Gasteiger partial charge in [-0.25, -0.2) is 4.98 Å². The van der Waals surface area contributed by atoms with Crippen molar-refractivity contribution in [1.82, 2.24) is 15.2 Å². The third-order valence-electron chi connectivity index (χ3n) is 3.32. The zero-order chi connectivity index (χ0) is 14.7. The van der Waals surface area contributed by atoms with Crippen molar-refractivity contribution in [1.29, 1.82) is 0 Å². The quantitative estimate of drug-likeness (QED) is 0.913. The summed E-state index contributed by atoms with van der Waals surface area (Å²) in [5.41, 5.74) is 10.1. The highest BCUT2D eigenvalue weighted by atomic mass is 32.2. The number of nitrogens with two attached hydrogens (primary N) is 1. The van der Waals surface area contributed by atoms with Crippen LogP contribution >= 0.6 is 11.8 Å². The monoisotopic (exact) mass is 292 g/mol. The summed E-state index contributed by atoms with van der Waals surface area (Å²) in [6.07, 6.45) is 1.77. The Morgan fingerprint density at radius 2 is 1.85 bits per heavy atom. The van der Waals surface area contributed by atoms with Crippen LogP contribution in [0.25, 0.3) is 0 Å². The van der Waals surface area contributed by atoms with Gasteiger partial charge in [0.2, 0.25) is 0 Å². The molecule has 2 N–H and O–H groups in total. The second-order valence-corrected chi connectivity index (χ2v) is 5.48. The molecule has 0 fully saturated rings. The van der Waals surface area contributed by atoms with E-state index in [9.17, 15) is 0 Å². The van der Waals surface area contributed by atoms with Crippen molar-refractivity contribution >= 4 is 11.8 Å². The van der Waals surface area contributed by atoms with E-state index in [4.69, 9.17) is 10.2 Å². The van der Waals surface area contributed by atoms with Crippen molar-refractivity contribution in [3.05, 3.63) is 28.3 Å². The molecule has 0 aliphatic rings. The van der Waals surface area contributed by atoms with Crippen molar-refractivity contribution in [3.8, 4) is 0 Å². The van der Waals surface area contributed by atoms with E-state index in [1.165, 1.54) is 17.3 Å². The van der Waals surface area contributed by atoms with E-state index >= 15 is 0 Å². The standard InChI is InChI=1S/C14H20N4OS/c1-5-10-11(7-15)13(18-17-12(10)6-2)20-14-16-8(3)9(4)19-14/h5-7,15H2,1-4H3. The minimum absolute atomic E-state index is 0.451. The van der Waals surface area contributed by atoms with E-state index in [0.29, 0.717) is 11.8 Å². The SMILES string of the molecule is CCc1nnc(Sc2nc(C)c(C)o2)c(CN)c1CC. The summed E-state index contributed by atoms with van der Waals surface area (Å²) < 4.78 is 5.59. The third-order valence-corrected chi connectivity index (χ3v) is 4.19. The Morgan fingerprint density at radius 3 is 2.35 bits per heavy atom. The minimum Gasteiger partial charge on any atom is -0.436 e. The first kappa shape index (κ1) is 15.0. The summed E-state index contributed by atoms with van der Waals surface area (Å²) in [7, 11) is 0. The molecule has 20 heavy (non-hydrogen) atoms. The van der Waals surface area contributed by atoms with Crippen molar-refractivity contribution in [2.75, 3.05) is 0 Å². The van der Waals surface area contributed by atoms with Crippen LogP contribution < -0.4 is 5.73 Å². The van der Waals surface area contributed by atoms with E-state index in [1.807, 2.05) is 13.8 Å². The number of aryl methyl sites for hydroxylation is 3. The summed E-state index contributed by atoms with van der Waals surface area (Å²) >= 11 is 1.39. The smallest absolute Gasteiger partial charge is 0.262 e. The van der Waals surface area contributed by atoms with Crippen LogP contribution in [0.2, 0.25) is 0 Å². The van der Waals surface area contributed by atoms with Crippen molar-refractivity contribution < 1.29 is 4.42 Å². The lowest BCUT2D eigenvalue weighted by Gasteiger charge is -2.12. The topological polar surface area (TPSA) is 77.8 Å². The fraction of sp³-hybridized carbons (Fsp3) is 0.500. The van der Waals surface area contributed by atoms with Gasteiger partial charge in [-0.05, 0) is 44.0 Å². The van der Waals surface area contributed by atoms with Gasteiger partial charge >= 0.3 is 0 Å². The van der Waals surface area contributed by atoms with Crippen LogP contribution in [0.5, 0.6) is 0 Å². The molecule has 5 nitrogen and oxygen atoms in total. The van der Waals surface area contributed by atoms with Gasteiger partial charge in [0.25, 0.3) is 5.22 Å². The van der Waals surface area contributed by atoms with Gasteiger partial charge in [-0.3, -0.25) is 0 Å². The third kappa shape index (κ3) is 2.86. The highest BCUT2D eigenvalue weighted by molar-refractivity contribution is 7.99. The number of aromatic nitrogens is 3. The molecule has 0 aliphatic heterocycles. The molecular weight excluding hydrogens is 272 g/mol. The summed E-state index contributed by atoms with van der Waals surface area (Å²) in [5.74, 6) is 0.829. The van der Waals surface area contributed by atoms with Crippen molar-refractivity contribution in [2.45, 2.75) is 57.3 Å². The minimum atomic E-state index is 0.451. The first-order valence-electron chi connectivity index (χ1n) is 6.79. The van der Waals surface area contributed by atoms with Gasteiger partial charge in [0.1, 0.15) is 10.8 Å². The van der Waals surface area contributed by atoms with E-state index in [0.717, 1.165) is 40.6 Å². The first-order valence-corrected chi connectivity index (χ1v) is 7.61. The molecule has 0 radical (unpaired) electrons. The summed E-state index contributed by atoms with van der Waals surface area (Å²) in [5, 5.41) is 9.99. The van der Waals surface area contributed by atoms with E-state index in [1.54, 1.807) is 0 Å². The Hall–Kier alpha value is -1.40. The molecule has 0 aliphatic carbocycles. The maximum atomic E-state index is 5.91. The second kappa shape index (κ2) is 6.37. The van der Waals surface area contributed by atoms with E-state index in [2.05, 4.69) is 29.0 Å². The molecule has 0 amide bonds. The van der Waals surface area contributed by atoms with Gasteiger partial charge in [0.05, 0.1) is 11.4 Å². The number of hydrogen-bond acceptors (Lipinski definition) is 6. The molecule has 0 saturated heterocycles. The molecule has 0 saturated carbocycles. The molecule has 2 rings (SSSR count). The van der Waals surface area contributed by atoms with Crippen molar-refractivity contribution in [2.24, 2.45) is 5.73 Å². The van der Waals surface area contributed by atoms with Gasteiger partial charge in [-0.2, -0.15) is 5.10 Å². The lowest BCUT2D eigenvalue weighted by molar-refractivity contribution is 0.430. The second-order valence-electron chi connectivity index (χ2n) is 4.54. The van der Waals surface area contributed by atoms with Gasteiger partial charge in [0.15, 0.2) is 0 Å². The molecule has 0 unspecified atom stereocenters. The average molecular weight is 292 g/mol. The predicted molar refractivity (Wildman–Crippen MR) is 78.8 cm³/mol. The van der Waals surface area contributed by atoms with Crippen molar-refractivity contribution in [3.63, 3.8) is 0 Å². The van der Waals surface area contributed by atoms with Gasteiger partial charge in [0, 0.05) is 12.1 Å².